The highest BCUT2D eigenvalue weighted by Gasteiger charge is 2.34. The van der Waals surface area contributed by atoms with Crippen molar-refractivity contribution in [3.05, 3.63) is 83.4 Å². The Kier molecular flexibility index (Phi) is 3.98. The van der Waals surface area contributed by atoms with Gasteiger partial charge in [-0.1, -0.05) is 29.8 Å². The van der Waals surface area contributed by atoms with Gasteiger partial charge in [-0.25, -0.2) is 4.90 Å². The molecule has 0 bridgehead atoms. The first kappa shape index (κ1) is 16.4. The maximum absolute atomic E-state index is 13.1. The van der Waals surface area contributed by atoms with Crippen molar-refractivity contribution in [2.24, 2.45) is 0 Å². The molecule has 2 amide bonds. The summed E-state index contributed by atoms with van der Waals surface area (Å²) in [4.78, 5) is 27.3. The van der Waals surface area contributed by atoms with Gasteiger partial charge in [0.15, 0.2) is 0 Å². The van der Waals surface area contributed by atoms with Crippen molar-refractivity contribution < 1.29 is 9.59 Å². The first-order chi connectivity index (χ1) is 12.6. The number of hydrogen-bond acceptors (Lipinski definition) is 3. The van der Waals surface area contributed by atoms with Crippen molar-refractivity contribution in [3.63, 3.8) is 0 Å². The predicted octanol–water partition coefficient (Wildman–Crippen LogP) is 4.89. The number of imide groups is 1. The first-order valence-electron chi connectivity index (χ1n) is 8.16. The maximum Gasteiger partial charge on any atom is 0.265 e. The average Bonchev–Trinajstić information content (AvgIpc) is 2.66. The van der Waals surface area contributed by atoms with E-state index in [-0.39, 0.29) is 11.8 Å². The van der Waals surface area contributed by atoms with Crippen LogP contribution in [0.2, 0.25) is 5.02 Å². The van der Waals surface area contributed by atoms with E-state index < -0.39 is 0 Å². The third kappa shape index (κ3) is 2.47. The van der Waals surface area contributed by atoms with Gasteiger partial charge in [0, 0.05) is 39.2 Å². The van der Waals surface area contributed by atoms with E-state index in [2.05, 4.69) is 11.9 Å². The summed E-state index contributed by atoms with van der Waals surface area (Å²) >= 11 is 5.93. The minimum absolute atomic E-state index is 0.337. The second-order valence-electron chi connectivity index (χ2n) is 5.98. The van der Waals surface area contributed by atoms with Crippen LogP contribution in [-0.2, 0) is 0 Å². The van der Waals surface area contributed by atoms with E-state index >= 15 is 0 Å². The summed E-state index contributed by atoms with van der Waals surface area (Å²) in [5.74, 6) is -0.674. The molecule has 0 fully saturated rings. The molecule has 5 heteroatoms. The normalized spacial score (nSPS) is 13.2. The Morgan fingerprint density at radius 2 is 1.65 bits per heavy atom. The van der Waals surface area contributed by atoms with Gasteiger partial charge in [-0.05, 0) is 42.5 Å². The number of nitrogens with zero attached hydrogens (tertiary/aromatic N) is 1. The summed E-state index contributed by atoms with van der Waals surface area (Å²) in [6, 6.07) is 15.8. The Morgan fingerprint density at radius 1 is 0.962 bits per heavy atom. The molecule has 0 aromatic heterocycles. The molecule has 0 saturated heterocycles. The standard InChI is InChI=1S/C21H15ClN2O2/c1-2-12-23-18-11-10-17-19-15(18)4-3-5-16(19)20(25)24(21(17)26)14-8-6-13(22)7-9-14/h2-11,23H,1,12H2. The lowest BCUT2D eigenvalue weighted by molar-refractivity contribution is 0.0893. The van der Waals surface area contributed by atoms with E-state index in [4.69, 9.17) is 11.6 Å². The second-order valence-corrected chi connectivity index (χ2v) is 6.42. The fourth-order valence-electron chi connectivity index (χ4n) is 3.26. The molecule has 26 heavy (non-hydrogen) atoms. The molecule has 0 atom stereocenters. The topological polar surface area (TPSA) is 49.4 Å². The van der Waals surface area contributed by atoms with Gasteiger partial charge >= 0.3 is 0 Å². The highest BCUT2D eigenvalue weighted by molar-refractivity contribution is 6.36. The fourth-order valence-corrected chi connectivity index (χ4v) is 3.38. The molecule has 4 nitrogen and oxygen atoms in total. The molecule has 3 aromatic carbocycles. The quantitative estimate of drug-likeness (QED) is 0.531. The van der Waals surface area contributed by atoms with Crippen molar-refractivity contribution in [2.75, 3.05) is 16.8 Å². The molecular weight excluding hydrogens is 348 g/mol. The monoisotopic (exact) mass is 362 g/mol. The Labute approximate surface area is 155 Å². The number of anilines is 2. The molecule has 0 unspecified atom stereocenters. The molecule has 0 radical (unpaired) electrons. The number of benzene rings is 3. The fraction of sp³-hybridized carbons (Fsp3) is 0.0476. The molecule has 1 N–H and O–H groups in total. The van der Waals surface area contributed by atoms with Gasteiger partial charge in [0.05, 0.1) is 5.69 Å². The Balaban J connectivity index is 1.90. The minimum Gasteiger partial charge on any atom is -0.381 e. The SMILES string of the molecule is C=CCNc1ccc2c3c(cccc13)C(=O)N(c1ccc(Cl)cc1)C2=O. The van der Waals surface area contributed by atoms with Crippen molar-refractivity contribution in [1.82, 2.24) is 0 Å². The van der Waals surface area contributed by atoms with Crippen molar-refractivity contribution >= 4 is 45.6 Å². The van der Waals surface area contributed by atoms with E-state index in [0.717, 1.165) is 11.1 Å². The summed E-state index contributed by atoms with van der Waals surface area (Å²) in [5, 5.41) is 5.33. The third-order valence-electron chi connectivity index (χ3n) is 4.43. The van der Waals surface area contributed by atoms with Crippen LogP contribution in [0.5, 0.6) is 0 Å². The van der Waals surface area contributed by atoms with Crippen LogP contribution >= 0.6 is 11.6 Å². The van der Waals surface area contributed by atoms with Crippen LogP contribution in [0.25, 0.3) is 10.8 Å². The zero-order chi connectivity index (χ0) is 18.3. The number of hydrogen-bond donors (Lipinski definition) is 1. The van der Waals surface area contributed by atoms with E-state index in [1.54, 1.807) is 42.5 Å². The van der Waals surface area contributed by atoms with Crippen molar-refractivity contribution in [1.29, 1.82) is 0 Å². The van der Waals surface area contributed by atoms with E-state index in [1.807, 2.05) is 18.2 Å². The maximum atomic E-state index is 13.1. The smallest absolute Gasteiger partial charge is 0.265 e. The highest BCUT2D eigenvalue weighted by atomic mass is 35.5. The first-order valence-corrected chi connectivity index (χ1v) is 8.54. The lowest BCUT2D eigenvalue weighted by Gasteiger charge is -2.28. The molecule has 128 valence electrons. The van der Waals surface area contributed by atoms with Gasteiger partial charge in [-0.2, -0.15) is 0 Å². The van der Waals surface area contributed by atoms with Gasteiger partial charge in [-0.15, -0.1) is 6.58 Å². The van der Waals surface area contributed by atoms with Crippen LogP contribution in [0.3, 0.4) is 0 Å². The predicted molar refractivity (Wildman–Crippen MR) is 105 cm³/mol. The molecule has 0 saturated carbocycles. The number of halogens is 1. The lowest BCUT2D eigenvalue weighted by atomic mass is 9.92. The van der Waals surface area contributed by atoms with Crippen LogP contribution in [0.4, 0.5) is 11.4 Å². The molecule has 1 aliphatic rings. The molecule has 1 aliphatic heterocycles. The van der Waals surface area contributed by atoms with Gasteiger partial charge in [-0.3, -0.25) is 9.59 Å². The van der Waals surface area contributed by atoms with Crippen LogP contribution in [0, 0.1) is 0 Å². The van der Waals surface area contributed by atoms with Gasteiger partial charge in [0.1, 0.15) is 0 Å². The molecule has 3 aromatic rings. The van der Waals surface area contributed by atoms with Crippen molar-refractivity contribution in [3.8, 4) is 0 Å². The van der Waals surface area contributed by atoms with Crippen LogP contribution < -0.4 is 10.2 Å². The molecule has 4 rings (SSSR count). The second kappa shape index (κ2) is 6.32. The molecular formula is C21H15ClN2O2. The highest BCUT2D eigenvalue weighted by Crippen LogP contribution is 2.36. The number of carbonyl (C=O) groups excluding carboxylic acids is 2. The minimum atomic E-state index is -0.337. The zero-order valence-electron chi connectivity index (χ0n) is 13.8. The van der Waals surface area contributed by atoms with E-state index in [9.17, 15) is 9.59 Å². The molecule has 0 spiro atoms. The Hall–Kier alpha value is -3.11. The summed E-state index contributed by atoms with van der Waals surface area (Å²) in [6.07, 6.45) is 1.76. The number of rotatable bonds is 4. The summed E-state index contributed by atoms with van der Waals surface area (Å²) in [5.41, 5.74) is 2.38. The Bertz CT molecular complexity index is 1040. The van der Waals surface area contributed by atoms with Crippen LogP contribution in [0.15, 0.2) is 67.3 Å². The molecule has 0 aliphatic carbocycles. The number of carbonyl (C=O) groups is 2. The summed E-state index contributed by atoms with van der Waals surface area (Å²) < 4.78 is 0. The zero-order valence-corrected chi connectivity index (χ0v) is 14.6. The van der Waals surface area contributed by atoms with Crippen molar-refractivity contribution in [2.45, 2.75) is 0 Å². The Morgan fingerprint density at radius 3 is 2.35 bits per heavy atom. The van der Waals surface area contributed by atoms with Crippen LogP contribution in [-0.4, -0.2) is 18.4 Å². The van der Waals surface area contributed by atoms with Gasteiger partial charge in [0.25, 0.3) is 11.8 Å². The van der Waals surface area contributed by atoms with Crippen LogP contribution in [0.1, 0.15) is 20.7 Å². The average molecular weight is 363 g/mol. The molecule has 1 heterocycles. The summed E-state index contributed by atoms with van der Waals surface area (Å²) in [7, 11) is 0. The largest absolute Gasteiger partial charge is 0.381 e. The lowest BCUT2D eigenvalue weighted by Crippen LogP contribution is -2.40. The summed E-state index contributed by atoms with van der Waals surface area (Å²) in [6.45, 7) is 4.30. The number of nitrogens with one attached hydrogen (secondary N) is 1. The number of amides is 2. The van der Waals surface area contributed by atoms with Gasteiger partial charge in [0.2, 0.25) is 0 Å². The van der Waals surface area contributed by atoms with Gasteiger partial charge < -0.3 is 5.32 Å². The van der Waals surface area contributed by atoms with E-state index in [0.29, 0.717) is 33.8 Å². The third-order valence-corrected chi connectivity index (χ3v) is 4.68. The van der Waals surface area contributed by atoms with E-state index in [1.165, 1.54) is 4.90 Å².